The Labute approximate surface area is 207 Å². The molecule has 3 aromatic carbocycles. The van der Waals surface area contributed by atoms with Crippen molar-refractivity contribution in [2.75, 3.05) is 13.2 Å². The van der Waals surface area contributed by atoms with Crippen LogP contribution in [0.3, 0.4) is 0 Å². The van der Waals surface area contributed by atoms with Gasteiger partial charge in [-0.1, -0.05) is 68.8 Å². The Morgan fingerprint density at radius 1 is 0.971 bits per heavy atom. The highest BCUT2D eigenvalue weighted by molar-refractivity contribution is 5.87. The number of unbranched alkanes of at least 4 members (excludes halogenated alkanes) is 2. The zero-order chi connectivity index (χ0) is 25.2. The van der Waals surface area contributed by atoms with Gasteiger partial charge in [0.05, 0.1) is 6.61 Å². The maximum absolute atomic E-state index is 15.2. The molecule has 0 saturated heterocycles. The summed E-state index contributed by atoms with van der Waals surface area (Å²) < 4.78 is 26.0. The van der Waals surface area contributed by atoms with Gasteiger partial charge < -0.3 is 14.6 Å². The molecule has 184 valence electrons. The molecule has 0 aromatic heterocycles. The zero-order valence-electron chi connectivity index (χ0n) is 20.5. The molecule has 0 amide bonds. The fraction of sp³-hybridized carbons (Fsp3) is 0.300. The summed E-state index contributed by atoms with van der Waals surface area (Å²) in [6.45, 7) is 7.24. The first-order valence-corrected chi connectivity index (χ1v) is 12.0. The van der Waals surface area contributed by atoms with Crippen molar-refractivity contribution in [2.24, 2.45) is 0 Å². The summed E-state index contributed by atoms with van der Waals surface area (Å²) in [7, 11) is 0. The van der Waals surface area contributed by atoms with Crippen molar-refractivity contribution >= 4 is 5.97 Å². The summed E-state index contributed by atoms with van der Waals surface area (Å²) in [6, 6.07) is 18.7. The fourth-order valence-electron chi connectivity index (χ4n) is 3.79. The van der Waals surface area contributed by atoms with Crippen molar-refractivity contribution in [3.63, 3.8) is 0 Å². The molecule has 0 saturated carbocycles. The molecule has 0 radical (unpaired) electrons. The Morgan fingerprint density at radius 3 is 2.34 bits per heavy atom. The molecule has 35 heavy (non-hydrogen) atoms. The third-order valence-corrected chi connectivity index (χ3v) is 5.75. The highest BCUT2D eigenvalue weighted by atomic mass is 19.1. The van der Waals surface area contributed by atoms with Crippen LogP contribution in [0.4, 0.5) is 4.39 Å². The van der Waals surface area contributed by atoms with E-state index in [4.69, 9.17) is 14.6 Å². The number of hydrogen-bond acceptors (Lipinski definition) is 4. The quantitative estimate of drug-likeness (QED) is 0.176. The van der Waals surface area contributed by atoms with E-state index in [2.05, 4.69) is 25.6 Å². The lowest BCUT2D eigenvalue weighted by atomic mass is 9.97. The SMILES string of the molecule is C=C(C)C(=O)OCc1cc(-c2ccc(-c3ccc(CCCCC)cc3)cc2F)ccc1OCCO. The molecular formula is C30H33FO4. The van der Waals surface area contributed by atoms with Crippen LogP contribution in [0, 0.1) is 5.82 Å². The van der Waals surface area contributed by atoms with Gasteiger partial charge >= 0.3 is 5.97 Å². The van der Waals surface area contributed by atoms with Gasteiger partial charge in [0, 0.05) is 16.7 Å². The van der Waals surface area contributed by atoms with Gasteiger partial charge in [-0.15, -0.1) is 0 Å². The molecule has 0 bridgehead atoms. The topological polar surface area (TPSA) is 55.8 Å². The first kappa shape index (κ1) is 26.2. The van der Waals surface area contributed by atoms with E-state index in [9.17, 15) is 4.79 Å². The standard InChI is InChI=1S/C30H33FO4/c1-4-5-6-7-22-8-10-23(11-9-22)24-12-14-27(28(31)19-24)25-13-15-29(34-17-16-32)26(18-25)20-35-30(33)21(2)3/h8-15,18-19,32H,2,4-7,16-17,20H2,1,3H3. The molecular weight excluding hydrogens is 443 g/mol. The number of carbonyl (C=O) groups is 1. The lowest BCUT2D eigenvalue weighted by Gasteiger charge is -2.14. The number of esters is 1. The maximum Gasteiger partial charge on any atom is 0.333 e. The summed E-state index contributed by atoms with van der Waals surface area (Å²) in [6.07, 6.45) is 4.66. The van der Waals surface area contributed by atoms with Gasteiger partial charge in [-0.25, -0.2) is 9.18 Å². The number of aryl methyl sites for hydroxylation is 1. The molecule has 3 rings (SSSR count). The number of halogens is 1. The van der Waals surface area contributed by atoms with Crippen molar-refractivity contribution in [2.45, 2.75) is 46.1 Å². The van der Waals surface area contributed by atoms with Gasteiger partial charge in [0.1, 0.15) is 24.8 Å². The van der Waals surface area contributed by atoms with Gasteiger partial charge in [0.2, 0.25) is 0 Å². The number of ether oxygens (including phenoxy) is 2. The largest absolute Gasteiger partial charge is 0.491 e. The Hall–Kier alpha value is -3.44. The molecule has 5 heteroatoms. The Balaban J connectivity index is 1.83. The van der Waals surface area contributed by atoms with E-state index in [1.807, 2.05) is 18.2 Å². The molecule has 0 spiro atoms. The van der Waals surface area contributed by atoms with Gasteiger partial charge in [0.15, 0.2) is 0 Å². The molecule has 0 aliphatic heterocycles. The summed E-state index contributed by atoms with van der Waals surface area (Å²) in [5.41, 5.74) is 5.01. The van der Waals surface area contributed by atoms with Gasteiger partial charge in [-0.05, 0) is 60.2 Å². The van der Waals surface area contributed by atoms with E-state index in [0.717, 1.165) is 17.5 Å². The summed E-state index contributed by atoms with van der Waals surface area (Å²) in [4.78, 5) is 11.8. The molecule has 3 aromatic rings. The Kier molecular flexibility index (Phi) is 9.62. The van der Waals surface area contributed by atoms with E-state index < -0.39 is 5.97 Å². The van der Waals surface area contributed by atoms with E-state index in [1.54, 1.807) is 37.3 Å². The van der Waals surface area contributed by atoms with Crippen LogP contribution < -0.4 is 4.74 Å². The van der Waals surface area contributed by atoms with Gasteiger partial charge in [0.25, 0.3) is 0 Å². The second kappa shape index (κ2) is 12.9. The molecule has 0 aliphatic carbocycles. The fourth-order valence-corrected chi connectivity index (χ4v) is 3.79. The minimum absolute atomic E-state index is 0.0510. The predicted molar refractivity (Wildman–Crippen MR) is 138 cm³/mol. The third-order valence-electron chi connectivity index (χ3n) is 5.75. The smallest absolute Gasteiger partial charge is 0.333 e. The van der Waals surface area contributed by atoms with E-state index in [-0.39, 0.29) is 31.2 Å². The van der Waals surface area contributed by atoms with Crippen molar-refractivity contribution in [3.05, 3.63) is 89.8 Å². The number of hydrogen-bond donors (Lipinski definition) is 1. The van der Waals surface area contributed by atoms with Gasteiger partial charge in [-0.3, -0.25) is 0 Å². The summed E-state index contributed by atoms with van der Waals surface area (Å²) in [5.74, 6) is -0.396. The minimum Gasteiger partial charge on any atom is -0.491 e. The van der Waals surface area contributed by atoms with Crippen LogP contribution in [0.25, 0.3) is 22.3 Å². The minimum atomic E-state index is -0.518. The average molecular weight is 477 g/mol. The number of aliphatic hydroxyl groups is 1. The molecule has 4 nitrogen and oxygen atoms in total. The van der Waals surface area contributed by atoms with E-state index >= 15 is 4.39 Å². The van der Waals surface area contributed by atoms with E-state index in [1.165, 1.54) is 24.8 Å². The van der Waals surface area contributed by atoms with Crippen LogP contribution in [-0.4, -0.2) is 24.3 Å². The van der Waals surface area contributed by atoms with Crippen LogP contribution >= 0.6 is 0 Å². The highest BCUT2D eigenvalue weighted by Gasteiger charge is 2.13. The lowest BCUT2D eigenvalue weighted by Crippen LogP contribution is -2.08. The second-order valence-electron chi connectivity index (χ2n) is 8.60. The number of aliphatic hydroxyl groups excluding tert-OH is 1. The summed E-state index contributed by atoms with van der Waals surface area (Å²) >= 11 is 0. The van der Waals surface area contributed by atoms with Crippen LogP contribution in [0.5, 0.6) is 5.75 Å². The molecule has 1 N–H and O–H groups in total. The molecule has 0 heterocycles. The normalized spacial score (nSPS) is 10.7. The average Bonchev–Trinajstić information content (AvgIpc) is 2.86. The van der Waals surface area contributed by atoms with Crippen molar-refractivity contribution in [1.82, 2.24) is 0 Å². The second-order valence-corrected chi connectivity index (χ2v) is 8.60. The van der Waals surface area contributed by atoms with Gasteiger partial charge in [-0.2, -0.15) is 0 Å². The first-order valence-electron chi connectivity index (χ1n) is 12.0. The highest BCUT2D eigenvalue weighted by Crippen LogP contribution is 2.32. The van der Waals surface area contributed by atoms with Crippen molar-refractivity contribution < 1.29 is 23.8 Å². The lowest BCUT2D eigenvalue weighted by molar-refractivity contribution is -0.140. The van der Waals surface area contributed by atoms with Crippen LogP contribution in [0.15, 0.2) is 72.8 Å². The maximum atomic E-state index is 15.2. The molecule has 0 fully saturated rings. The molecule has 0 unspecified atom stereocenters. The zero-order valence-corrected chi connectivity index (χ0v) is 20.5. The number of rotatable bonds is 12. The molecule has 0 atom stereocenters. The van der Waals surface area contributed by atoms with Crippen LogP contribution in [0.2, 0.25) is 0 Å². The number of carbonyl (C=O) groups excluding carboxylic acids is 1. The van der Waals surface area contributed by atoms with E-state index in [0.29, 0.717) is 22.4 Å². The Bertz CT molecular complexity index is 1150. The summed E-state index contributed by atoms with van der Waals surface area (Å²) in [5, 5.41) is 9.09. The first-order chi connectivity index (χ1) is 16.9. The monoisotopic (exact) mass is 476 g/mol. The van der Waals surface area contributed by atoms with Crippen LogP contribution in [-0.2, 0) is 22.6 Å². The van der Waals surface area contributed by atoms with Crippen LogP contribution in [0.1, 0.15) is 44.2 Å². The van der Waals surface area contributed by atoms with Crippen molar-refractivity contribution in [1.29, 1.82) is 0 Å². The number of benzene rings is 3. The predicted octanol–water partition coefficient (Wildman–Crippen LogP) is 6.88. The third kappa shape index (κ3) is 7.27. The van der Waals surface area contributed by atoms with Crippen molar-refractivity contribution in [3.8, 4) is 28.0 Å². The molecule has 0 aliphatic rings. The Morgan fingerprint density at radius 2 is 1.69 bits per heavy atom.